The molecule has 2 heteroatoms. The van der Waals surface area contributed by atoms with Gasteiger partial charge >= 0.3 is 0 Å². The van der Waals surface area contributed by atoms with Gasteiger partial charge in [-0.25, -0.2) is 0 Å². The fraction of sp³-hybridized carbons (Fsp3) is 0.353. The summed E-state index contributed by atoms with van der Waals surface area (Å²) >= 11 is 0. The molecule has 1 aliphatic rings. The molecule has 1 aromatic heterocycles. The lowest BCUT2D eigenvalue weighted by Crippen LogP contribution is -2.32. The molecular formula is C17H20N2. The fourth-order valence-corrected chi connectivity index (χ4v) is 3.32. The highest BCUT2D eigenvalue weighted by molar-refractivity contribution is 5.68. The Kier molecular flexibility index (Phi) is 3.34. The van der Waals surface area contributed by atoms with Gasteiger partial charge in [-0.3, -0.25) is 4.98 Å². The van der Waals surface area contributed by atoms with Crippen molar-refractivity contribution < 1.29 is 0 Å². The largest absolute Gasteiger partial charge is 0.330 e. The fourth-order valence-electron chi connectivity index (χ4n) is 3.32. The molecule has 0 saturated heterocycles. The third kappa shape index (κ3) is 2.17. The second kappa shape index (κ2) is 5.14. The minimum atomic E-state index is 0.138. The van der Waals surface area contributed by atoms with Crippen LogP contribution in [0.25, 0.3) is 11.1 Å². The highest BCUT2D eigenvalue weighted by Crippen LogP contribution is 2.43. The molecule has 3 rings (SSSR count). The van der Waals surface area contributed by atoms with Crippen molar-refractivity contribution >= 4 is 0 Å². The Bertz CT molecular complexity index is 542. The first-order valence-corrected chi connectivity index (χ1v) is 7.06. The van der Waals surface area contributed by atoms with Gasteiger partial charge in [-0.15, -0.1) is 0 Å². The van der Waals surface area contributed by atoms with Gasteiger partial charge in [-0.05, 0) is 35.6 Å². The summed E-state index contributed by atoms with van der Waals surface area (Å²) < 4.78 is 0. The number of pyridine rings is 1. The third-order valence-corrected chi connectivity index (χ3v) is 4.43. The molecule has 0 amide bonds. The second-order valence-electron chi connectivity index (χ2n) is 5.48. The molecular weight excluding hydrogens is 232 g/mol. The minimum Gasteiger partial charge on any atom is -0.330 e. The molecule has 0 radical (unpaired) electrons. The average Bonchev–Trinajstić information content (AvgIpc) is 2.98. The molecule has 2 N–H and O–H groups in total. The van der Waals surface area contributed by atoms with Gasteiger partial charge in [-0.2, -0.15) is 0 Å². The first-order chi connectivity index (χ1) is 9.36. The van der Waals surface area contributed by atoms with Crippen LogP contribution in [0.1, 0.15) is 31.2 Å². The van der Waals surface area contributed by atoms with Crippen LogP contribution in [-0.2, 0) is 5.41 Å². The van der Waals surface area contributed by atoms with Gasteiger partial charge in [0.05, 0.1) is 0 Å². The summed E-state index contributed by atoms with van der Waals surface area (Å²) in [5, 5.41) is 0. The van der Waals surface area contributed by atoms with E-state index in [9.17, 15) is 0 Å². The Morgan fingerprint density at radius 3 is 2.47 bits per heavy atom. The van der Waals surface area contributed by atoms with Crippen LogP contribution in [0.2, 0.25) is 0 Å². The maximum absolute atomic E-state index is 6.12. The lowest BCUT2D eigenvalue weighted by molar-refractivity contribution is 0.453. The average molecular weight is 252 g/mol. The molecule has 1 aliphatic carbocycles. The predicted octanol–water partition coefficient (Wildman–Crippen LogP) is 3.52. The van der Waals surface area contributed by atoms with E-state index < -0.39 is 0 Å². The Balaban J connectivity index is 2.12. The Hall–Kier alpha value is -1.67. The van der Waals surface area contributed by atoms with E-state index >= 15 is 0 Å². The van der Waals surface area contributed by atoms with Crippen LogP contribution < -0.4 is 5.73 Å². The zero-order valence-corrected chi connectivity index (χ0v) is 11.2. The van der Waals surface area contributed by atoms with Gasteiger partial charge in [0.1, 0.15) is 0 Å². The monoisotopic (exact) mass is 252 g/mol. The van der Waals surface area contributed by atoms with Crippen LogP contribution >= 0.6 is 0 Å². The van der Waals surface area contributed by atoms with Gasteiger partial charge in [0.2, 0.25) is 0 Å². The van der Waals surface area contributed by atoms with Crippen molar-refractivity contribution in [3.63, 3.8) is 0 Å². The first kappa shape index (κ1) is 12.4. The molecule has 1 heterocycles. The molecule has 1 aromatic carbocycles. The number of hydrogen-bond acceptors (Lipinski definition) is 2. The Labute approximate surface area is 114 Å². The van der Waals surface area contributed by atoms with Gasteiger partial charge in [0, 0.05) is 24.4 Å². The second-order valence-corrected chi connectivity index (χ2v) is 5.48. The molecule has 2 aromatic rings. The maximum atomic E-state index is 6.12. The van der Waals surface area contributed by atoms with E-state index in [0.717, 1.165) is 6.54 Å². The molecule has 1 saturated carbocycles. The first-order valence-electron chi connectivity index (χ1n) is 7.06. The zero-order valence-electron chi connectivity index (χ0n) is 11.2. The van der Waals surface area contributed by atoms with E-state index in [2.05, 4.69) is 41.4 Å². The van der Waals surface area contributed by atoms with Crippen LogP contribution in [0.3, 0.4) is 0 Å². The van der Waals surface area contributed by atoms with Crippen molar-refractivity contribution in [3.8, 4) is 11.1 Å². The van der Waals surface area contributed by atoms with Crippen molar-refractivity contribution in [1.29, 1.82) is 0 Å². The molecule has 0 bridgehead atoms. The van der Waals surface area contributed by atoms with E-state index in [1.165, 1.54) is 42.4 Å². The van der Waals surface area contributed by atoms with Crippen molar-refractivity contribution in [1.82, 2.24) is 4.98 Å². The summed E-state index contributed by atoms with van der Waals surface area (Å²) in [6.07, 6.45) is 8.84. The van der Waals surface area contributed by atoms with E-state index in [0.29, 0.717) is 0 Å². The Morgan fingerprint density at radius 1 is 1.05 bits per heavy atom. The number of hydrogen-bond donors (Lipinski definition) is 1. The Morgan fingerprint density at radius 2 is 1.79 bits per heavy atom. The van der Waals surface area contributed by atoms with E-state index in [-0.39, 0.29) is 5.41 Å². The van der Waals surface area contributed by atoms with Crippen molar-refractivity contribution in [2.75, 3.05) is 6.54 Å². The van der Waals surface area contributed by atoms with Crippen LogP contribution in [0.5, 0.6) is 0 Å². The highest BCUT2D eigenvalue weighted by atomic mass is 14.7. The molecule has 0 aliphatic heterocycles. The van der Waals surface area contributed by atoms with Gasteiger partial charge in [0.15, 0.2) is 0 Å². The quantitative estimate of drug-likeness (QED) is 0.907. The van der Waals surface area contributed by atoms with Crippen molar-refractivity contribution in [2.24, 2.45) is 5.73 Å². The standard InChI is InChI=1S/C17H20N2/c18-13-17(9-4-5-10-17)16-12-19-11-8-15(16)14-6-2-1-3-7-14/h1-3,6-8,11-12H,4-5,9-10,13,18H2. The van der Waals surface area contributed by atoms with E-state index in [1.54, 1.807) is 0 Å². The van der Waals surface area contributed by atoms with Crippen LogP contribution in [-0.4, -0.2) is 11.5 Å². The lowest BCUT2D eigenvalue weighted by atomic mass is 9.76. The number of rotatable bonds is 3. The predicted molar refractivity (Wildman–Crippen MR) is 78.9 cm³/mol. The normalized spacial score (nSPS) is 17.5. The number of nitrogens with two attached hydrogens (primary N) is 1. The smallest absolute Gasteiger partial charge is 0.0312 e. The highest BCUT2D eigenvalue weighted by Gasteiger charge is 2.36. The summed E-state index contributed by atoms with van der Waals surface area (Å²) in [7, 11) is 0. The SMILES string of the molecule is NCC1(c2cnccc2-c2ccccc2)CCCC1. The van der Waals surface area contributed by atoms with E-state index in [4.69, 9.17) is 5.73 Å². The minimum absolute atomic E-state index is 0.138. The van der Waals surface area contributed by atoms with Crippen molar-refractivity contribution in [2.45, 2.75) is 31.1 Å². The van der Waals surface area contributed by atoms with Gasteiger partial charge in [-0.1, -0.05) is 43.2 Å². The molecule has 2 nitrogen and oxygen atoms in total. The van der Waals surface area contributed by atoms with Gasteiger partial charge in [0.25, 0.3) is 0 Å². The molecule has 0 atom stereocenters. The summed E-state index contributed by atoms with van der Waals surface area (Å²) in [6, 6.07) is 12.7. The molecule has 0 unspecified atom stereocenters. The summed E-state index contributed by atoms with van der Waals surface area (Å²) in [5.74, 6) is 0. The zero-order chi connectivity index (χ0) is 13.1. The molecule has 0 spiro atoms. The van der Waals surface area contributed by atoms with Crippen LogP contribution in [0.4, 0.5) is 0 Å². The van der Waals surface area contributed by atoms with E-state index in [1.807, 2.05) is 12.4 Å². The van der Waals surface area contributed by atoms with Gasteiger partial charge < -0.3 is 5.73 Å². The molecule has 1 fully saturated rings. The number of nitrogens with zero attached hydrogens (tertiary/aromatic N) is 1. The number of aromatic nitrogens is 1. The molecule has 98 valence electrons. The summed E-state index contributed by atoms with van der Waals surface area (Å²) in [4.78, 5) is 4.35. The lowest BCUT2D eigenvalue weighted by Gasteiger charge is -2.29. The van der Waals surface area contributed by atoms with Crippen molar-refractivity contribution in [3.05, 3.63) is 54.4 Å². The molecule has 19 heavy (non-hydrogen) atoms. The van der Waals surface area contributed by atoms with Crippen LogP contribution in [0, 0.1) is 0 Å². The third-order valence-electron chi connectivity index (χ3n) is 4.43. The topological polar surface area (TPSA) is 38.9 Å². The summed E-state index contributed by atoms with van der Waals surface area (Å²) in [6.45, 7) is 0.721. The summed E-state index contributed by atoms with van der Waals surface area (Å²) in [5.41, 5.74) is 10.2. The maximum Gasteiger partial charge on any atom is 0.0312 e. The number of benzene rings is 1. The van der Waals surface area contributed by atoms with Crippen LogP contribution in [0.15, 0.2) is 48.8 Å².